The van der Waals surface area contributed by atoms with Gasteiger partial charge in [0.1, 0.15) is 0 Å². The van der Waals surface area contributed by atoms with Gasteiger partial charge in [-0.25, -0.2) is 4.79 Å². The second-order valence-corrected chi connectivity index (χ2v) is 5.04. The largest absolute Gasteiger partial charge is 0.354 e. The number of urea groups is 1. The number of carbonyl (C=O) groups is 3. The lowest BCUT2D eigenvalue weighted by Crippen LogP contribution is -2.38. The van der Waals surface area contributed by atoms with Crippen LogP contribution in [0.1, 0.15) is 17.5 Å². The van der Waals surface area contributed by atoms with Gasteiger partial charge in [-0.2, -0.15) is 0 Å². The van der Waals surface area contributed by atoms with E-state index in [4.69, 9.17) is 0 Å². The van der Waals surface area contributed by atoms with Gasteiger partial charge in [0.15, 0.2) is 0 Å². The lowest BCUT2D eigenvalue weighted by atomic mass is 10.1. The zero-order valence-corrected chi connectivity index (χ0v) is 12.0. The minimum Gasteiger partial charge on any atom is -0.354 e. The van der Waals surface area contributed by atoms with Gasteiger partial charge >= 0.3 is 6.03 Å². The number of nitrogens with one attached hydrogen (secondary N) is 2. The Morgan fingerprint density at radius 1 is 1.29 bits per heavy atom. The molecule has 0 atom stereocenters. The molecule has 0 aliphatic carbocycles. The lowest BCUT2D eigenvalue weighted by Gasteiger charge is -2.12. The smallest absolute Gasteiger partial charge is 0.324 e. The summed E-state index contributed by atoms with van der Waals surface area (Å²) in [5, 5.41) is 5.15. The molecule has 2 rings (SSSR count). The van der Waals surface area contributed by atoms with Crippen LogP contribution in [0.15, 0.2) is 24.3 Å². The molecule has 1 heterocycles. The molecule has 21 heavy (non-hydrogen) atoms. The molecule has 1 fully saturated rings. The number of carbonyl (C=O) groups excluding carboxylic acids is 3. The fourth-order valence-corrected chi connectivity index (χ4v) is 2.09. The van der Waals surface area contributed by atoms with E-state index in [0.29, 0.717) is 12.8 Å². The van der Waals surface area contributed by atoms with E-state index in [2.05, 4.69) is 10.6 Å². The molecule has 0 spiro atoms. The molecular formula is C15H19N3O3. The summed E-state index contributed by atoms with van der Waals surface area (Å²) in [5.74, 6) is -0.337. The predicted octanol–water partition coefficient (Wildman–Crippen LogP) is 0.596. The molecule has 0 bridgehead atoms. The molecule has 4 amide bonds. The highest BCUT2D eigenvalue weighted by Gasteiger charge is 2.27. The van der Waals surface area contributed by atoms with Crippen molar-refractivity contribution in [3.05, 3.63) is 35.4 Å². The highest BCUT2D eigenvalue weighted by molar-refractivity contribution is 6.01. The molecule has 1 aliphatic heterocycles. The molecule has 2 N–H and O–H groups in total. The molecule has 0 radical (unpaired) electrons. The predicted molar refractivity (Wildman–Crippen MR) is 77.6 cm³/mol. The van der Waals surface area contributed by atoms with Crippen molar-refractivity contribution < 1.29 is 14.4 Å². The third-order valence-electron chi connectivity index (χ3n) is 3.36. The maximum absolute atomic E-state index is 11.7. The number of hydrogen-bond acceptors (Lipinski definition) is 3. The first-order valence-corrected chi connectivity index (χ1v) is 6.96. The minimum atomic E-state index is -0.395. The maximum Gasteiger partial charge on any atom is 0.324 e. The van der Waals surface area contributed by atoms with Gasteiger partial charge in [0.05, 0.1) is 6.54 Å². The molecule has 0 unspecified atom stereocenters. The van der Waals surface area contributed by atoms with E-state index in [0.717, 1.165) is 10.5 Å². The Kier molecular flexibility index (Phi) is 4.92. The van der Waals surface area contributed by atoms with Gasteiger partial charge < -0.3 is 10.6 Å². The van der Waals surface area contributed by atoms with Crippen molar-refractivity contribution in [3.63, 3.8) is 0 Å². The van der Waals surface area contributed by atoms with Crippen molar-refractivity contribution in [1.29, 1.82) is 0 Å². The minimum absolute atomic E-state index is 0.0419. The van der Waals surface area contributed by atoms with Crippen LogP contribution in [-0.4, -0.2) is 42.4 Å². The molecule has 1 aliphatic rings. The van der Waals surface area contributed by atoms with Crippen molar-refractivity contribution in [1.82, 2.24) is 15.5 Å². The molecule has 6 heteroatoms. The lowest BCUT2D eigenvalue weighted by molar-refractivity contribution is -0.126. The molecule has 0 aromatic heterocycles. The zero-order valence-electron chi connectivity index (χ0n) is 12.0. The van der Waals surface area contributed by atoms with Crippen LogP contribution in [0.25, 0.3) is 0 Å². The van der Waals surface area contributed by atoms with Gasteiger partial charge in [0.25, 0.3) is 0 Å². The number of amides is 4. The van der Waals surface area contributed by atoms with Crippen molar-refractivity contribution in [2.24, 2.45) is 0 Å². The SMILES string of the molecule is Cc1ccc(CCC(=O)NCCN2C(=O)CNC2=O)cc1. The Hall–Kier alpha value is -2.37. The average Bonchev–Trinajstić information content (AvgIpc) is 2.78. The summed E-state index contributed by atoms with van der Waals surface area (Å²) in [6, 6.07) is 7.66. The summed E-state index contributed by atoms with van der Waals surface area (Å²) >= 11 is 0. The first-order valence-electron chi connectivity index (χ1n) is 6.96. The molecule has 1 aromatic carbocycles. The molecule has 0 saturated carbocycles. The van der Waals surface area contributed by atoms with Gasteiger partial charge in [-0.05, 0) is 18.9 Å². The first-order chi connectivity index (χ1) is 10.1. The van der Waals surface area contributed by atoms with Crippen LogP contribution in [0.4, 0.5) is 4.79 Å². The number of benzene rings is 1. The van der Waals surface area contributed by atoms with E-state index < -0.39 is 6.03 Å². The highest BCUT2D eigenvalue weighted by atomic mass is 16.2. The zero-order chi connectivity index (χ0) is 15.2. The normalized spacial score (nSPS) is 14.2. The highest BCUT2D eigenvalue weighted by Crippen LogP contribution is 2.05. The van der Waals surface area contributed by atoms with E-state index in [9.17, 15) is 14.4 Å². The van der Waals surface area contributed by atoms with Crippen LogP contribution < -0.4 is 10.6 Å². The van der Waals surface area contributed by atoms with Crippen molar-refractivity contribution in [2.45, 2.75) is 19.8 Å². The van der Waals surface area contributed by atoms with E-state index in [1.807, 2.05) is 31.2 Å². The first kappa shape index (κ1) is 15.0. The van der Waals surface area contributed by atoms with Crippen molar-refractivity contribution >= 4 is 17.8 Å². The number of aryl methyl sites for hydroxylation is 2. The Balaban J connectivity index is 1.67. The third-order valence-corrected chi connectivity index (χ3v) is 3.36. The summed E-state index contributed by atoms with van der Waals surface area (Å²) in [6.45, 7) is 2.55. The van der Waals surface area contributed by atoms with Gasteiger partial charge in [-0.15, -0.1) is 0 Å². The fourth-order valence-electron chi connectivity index (χ4n) is 2.09. The van der Waals surface area contributed by atoms with E-state index >= 15 is 0 Å². The number of nitrogens with zero attached hydrogens (tertiary/aromatic N) is 1. The summed E-state index contributed by atoms with van der Waals surface area (Å²) in [5.41, 5.74) is 2.31. The van der Waals surface area contributed by atoms with Gasteiger partial charge in [-0.3, -0.25) is 14.5 Å². The maximum atomic E-state index is 11.7. The summed E-state index contributed by atoms with van der Waals surface area (Å²) < 4.78 is 0. The summed E-state index contributed by atoms with van der Waals surface area (Å²) in [4.78, 5) is 35.4. The van der Waals surface area contributed by atoms with Gasteiger partial charge in [0.2, 0.25) is 11.8 Å². The van der Waals surface area contributed by atoms with Crippen LogP contribution in [-0.2, 0) is 16.0 Å². The molecule has 1 aromatic rings. The molecular weight excluding hydrogens is 270 g/mol. The number of hydrogen-bond donors (Lipinski definition) is 2. The van der Waals surface area contributed by atoms with Gasteiger partial charge in [-0.1, -0.05) is 29.8 Å². The van der Waals surface area contributed by atoms with Crippen LogP contribution in [0.2, 0.25) is 0 Å². The second kappa shape index (κ2) is 6.88. The van der Waals surface area contributed by atoms with E-state index in [1.54, 1.807) is 0 Å². The van der Waals surface area contributed by atoms with Crippen molar-refractivity contribution in [3.8, 4) is 0 Å². The Bertz CT molecular complexity index is 524. The monoisotopic (exact) mass is 289 g/mol. The Labute approximate surface area is 123 Å². The summed E-state index contributed by atoms with van der Waals surface area (Å²) in [7, 11) is 0. The molecule has 1 saturated heterocycles. The van der Waals surface area contributed by atoms with E-state index in [-0.39, 0.29) is 31.4 Å². The molecule has 6 nitrogen and oxygen atoms in total. The van der Waals surface area contributed by atoms with Crippen LogP contribution in [0.3, 0.4) is 0 Å². The standard InChI is InChI=1S/C15H19N3O3/c1-11-2-4-12(5-3-11)6-7-13(19)16-8-9-18-14(20)10-17-15(18)21/h2-5H,6-10H2,1H3,(H,16,19)(H,17,21). The van der Waals surface area contributed by atoms with Crippen LogP contribution in [0.5, 0.6) is 0 Å². The van der Waals surface area contributed by atoms with Crippen molar-refractivity contribution in [2.75, 3.05) is 19.6 Å². The average molecular weight is 289 g/mol. The molecule has 112 valence electrons. The van der Waals surface area contributed by atoms with E-state index in [1.165, 1.54) is 5.56 Å². The van der Waals surface area contributed by atoms with Crippen LogP contribution >= 0.6 is 0 Å². The number of imide groups is 1. The topological polar surface area (TPSA) is 78.5 Å². The Morgan fingerprint density at radius 2 is 2.00 bits per heavy atom. The quantitative estimate of drug-likeness (QED) is 0.753. The van der Waals surface area contributed by atoms with Gasteiger partial charge in [0, 0.05) is 19.5 Å². The second-order valence-electron chi connectivity index (χ2n) is 5.04. The number of rotatable bonds is 6. The summed E-state index contributed by atoms with van der Waals surface area (Å²) in [6.07, 6.45) is 1.07. The Morgan fingerprint density at radius 3 is 2.62 bits per heavy atom. The van der Waals surface area contributed by atoms with Crippen LogP contribution in [0, 0.1) is 6.92 Å². The third kappa shape index (κ3) is 4.30. The fraction of sp³-hybridized carbons (Fsp3) is 0.400.